The van der Waals surface area contributed by atoms with Crippen molar-refractivity contribution in [3.05, 3.63) is 158 Å². The molecule has 1 atom stereocenters. The highest BCUT2D eigenvalue weighted by atomic mass is 16.6. The Morgan fingerprint density at radius 3 is 0.783 bits per heavy atom. The number of hydrogen-bond acceptors (Lipinski definition) is 6. The van der Waals surface area contributed by atoms with Crippen LogP contribution >= 0.6 is 0 Å². The van der Waals surface area contributed by atoms with Gasteiger partial charge in [-0.25, -0.2) is 0 Å². The summed E-state index contributed by atoms with van der Waals surface area (Å²) >= 11 is 0. The van der Waals surface area contributed by atoms with Crippen LogP contribution in [0.3, 0.4) is 0 Å². The van der Waals surface area contributed by atoms with Crippen molar-refractivity contribution in [3.63, 3.8) is 0 Å². The molecule has 0 aromatic rings. The first-order chi connectivity index (χ1) is 41.0. The lowest BCUT2D eigenvalue weighted by atomic mass is 10.0. The Labute approximate surface area is 511 Å². The zero-order chi connectivity index (χ0) is 59.9. The molecule has 0 aliphatic rings. The van der Waals surface area contributed by atoms with Gasteiger partial charge in [-0.15, -0.1) is 0 Å². The molecule has 0 fully saturated rings. The molecule has 6 nitrogen and oxygen atoms in total. The van der Waals surface area contributed by atoms with E-state index >= 15 is 0 Å². The summed E-state index contributed by atoms with van der Waals surface area (Å²) in [5.41, 5.74) is 0. The third kappa shape index (κ3) is 67.7. The van der Waals surface area contributed by atoms with E-state index in [1.54, 1.807) is 0 Å². The van der Waals surface area contributed by atoms with Gasteiger partial charge in [0.15, 0.2) is 6.10 Å². The summed E-state index contributed by atoms with van der Waals surface area (Å²) in [6.07, 6.45) is 101. The van der Waals surface area contributed by atoms with Gasteiger partial charge in [-0.1, -0.05) is 288 Å². The molecule has 0 saturated heterocycles. The number of rotatable bonds is 60. The van der Waals surface area contributed by atoms with Gasteiger partial charge < -0.3 is 14.2 Å². The number of carbonyl (C=O) groups is 3. The van der Waals surface area contributed by atoms with Crippen molar-refractivity contribution >= 4 is 17.9 Å². The summed E-state index contributed by atoms with van der Waals surface area (Å²) in [5, 5.41) is 0. The number of carbonyl (C=O) groups excluding carboxylic acids is 3. The zero-order valence-corrected chi connectivity index (χ0v) is 53.7. The molecule has 0 N–H and O–H groups in total. The van der Waals surface area contributed by atoms with E-state index in [4.69, 9.17) is 14.2 Å². The molecule has 1 unspecified atom stereocenters. The summed E-state index contributed by atoms with van der Waals surface area (Å²) in [7, 11) is 0. The SMILES string of the molecule is CC/C=C\C/C=C\C/C=C\C/C=C\C/C=C\C/C=C\C/C=C\CCCCCCCCCCCCCC(=O)OCC(COC(=O)CCCCCCC/C=C\CCCCCCCC)OC(=O)CCC/C=C\C/C=C\C/C=C\C/C=C\C/C=C\CC. The molecule has 83 heavy (non-hydrogen) atoms. The van der Waals surface area contributed by atoms with Crippen molar-refractivity contribution < 1.29 is 28.6 Å². The highest BCUT2D eigenvalue weighted by molar-refractivity contribution is 5.71. The summed E-state index contributed by atoms with van der Waals surface area (Å²) in [4.78, 5) is 38.3. The van der Waals surface area contributed by atoms with Crippen LogP contribution in [0.2, 0.25) is 0 Å². The third-order valence-corrected chi connectivity index (χ3v) is 14.0. The van der Waals surface area contributed by atoms with Gasteiger partial charge in [0.05, 0.1) is 0 Å². The van der Waals surface area contributed by atoms with Gasteiger partial charge in [0.1, 0.15) is 13.2 Å². The largest absolute Gasteiger partial charge is 0.462 e. The normalized spacial score (nSPS) is 13.1. The van der Waals surface area contributed by atoms with E-state index in [0.717, 1.165) is 135 Å². The zero-order valence-electron chi connectivity index (χ0n) is 53.7. The fourth-order valence-corrected chi connectivity index (χ4v) is 8.98. The average Bonchev–Trinajstić information content (AvgIpc) is 3.49. The maximum Gasteiger partial charge on any atom is 0.306 e. The van der Waals surface area contributed by atoms with E-state index in [1.165, 1.54) is 109 Å². The average molecular weight is 1150 g/mol. The van der Waals surface area contributed by atoms with Crippen LogP contribution < -0.4 is 0 Å². The van der Waals surface area contributed by atoms with Crippen LogP contribution in [-0.4, -0.2) is 37.2 Å². The fourth-order valence-electron chi connectivity index (χ4n) is 8.98. The van der Waals surface area contributed by atoms with E-state index < -0.39 is 6.10 Å². The van der Waals surface area contributed by atoms with E-state index in [9.17, 15) is 14.4 Å². The third-order valence-electron chi connectivity index (χ3n) is 14.0. The minimum atomic E-state index is -0.820. The molecule has 0 aliphatic carbocycles. The van der Waals surface area contributed by atoms with Gasteiger partial charge in [0.2, 0.25) is 0 Å². The summed E-state index contributed by atoms with van der Waals surface area (Å²) in [5.74, 6) is -0.978. The monoisotopic (exact) mass is 1140 g/mol. The van der Waals surface area contributed by atoms with Crippen LogP contribution in [0.4, 0.5) is 0 Å². The Bertz CT molecular complexity index is 1840. The molecular weight excluding hydrogens is 1020 g/mol. The van der Waals surface area contributed by atoms with Crippen LogP contribution in [0.15, 0.2) is 158 Å². The van der Waals surface area contributed by atoms with Gasteiger partial charge in [0, 0.05) is 19.3 Å². The van der Waals surface area contributed by atoms with Crippen LogP contribution in [0, 0.1) is 0 Å². The molecule has 0 amide bonds. The maximum atomic E-state index is 12.9. The predicted molar refractivity (Wildman–Crippen MR) is 362 cm³/mol. The lowest BCUT2D eigenvalue weighted by Gasteiger charge is -2.18. The van der Waals surface area contributed by atoms with Crippen LogP contribution in [0.1, 0.15) is 290 Å². The molecular formula is C77H124O6. The second kappa shape index (κ2) is 69.5. The summed E-state index contributed by atoms with van der Waals surface area (Å²) < 4.78 is 16.9. The molecule has 0 aliphatic heterocycles. The number of hydrogen-bond donors (Lipinski definition) is 0. The van der Waals surface area contributed by atoms with Crippen molar-refractivity contribution in [3.8, 4) is 0 Å². The topological polar surface area (TPSA) is 78.9 Å². The van der Waals surface area contributed by atoms with Crippen molar-refractivity contribution in [2.75, 3.05) is 13.2 Å². The highest BCUT2D eigenvalue weighted by Crippen LogP contribution is 2.15. The molecule has 0 bridgehead atoms. The van der Waals surface area contributed by atoms with Crippen molar-refractivity contribution in [1.82, 2.24) is 0 Å². The Morgan fingerprint density at radius 2 is 0.482 bits per heavy atom. The number of ether oxygens (including phenoxy) is 3. The van der Waals surface area contributed by atoms with Crippen molar-refractivity contribution in [1.29, 1.82) is 0 Å². The van der Waals surface area contributed by atoms with E-state index in [1.807, 2.05) is 0 Å². The second-order valence-electron chi connectivity index (χ2n) is 22.0. The quantitative estimate of drug-likeness (QED) is 0.0261. The lowest BCUT2D eigenvalue weighted by Crippen LogP contribution is -2.30. The summed E-state index contributed by atoms with van der Waals surface area (Å²) in [6, 6.07) is 0. The second-order valence-corrected chi connectivity index (χ2v) is 22.0. The Kier molecular flexibility index (Phi) is 65.4. The van der Waals surface area contributed by atoms with Gasteiger partial charge >= 0.3 is 17.9 Å². The molecule has 0 heterocycles. The molecule has 6 heteroatoms. The molecule has 468 valence electrons. The first-order valence-corrected chi connectivity index (χ1v) is 34.0. The first kappa shape index (κ1) is 78.0. The standard InChI is InChI=1S/C77H124O6/c1-4-7-10-13-16-19-22-25-28-30-31-32-33-34-35-36-37-38-39-40-41-42-43-44-45-47-49-52-55-58-61-64-67-70-76(79)82-73-74(72-81-75(78)69-66-63-60-57-54-51-48-27-24-21-18-15-12-9-6-3)83-77(80)71-68-65-62-59-56-53-50-46-29-26-23-20-17-14-11-8-5-2/h7-8,10-11,16-17,19-20,25-29,31-32,34-35,37-38,40-41,48,50,53,59,62,74H,4-6,9,12-15,18,21-24,30,33,36,39,42-47,49,51-52,54-58,60-61,63-73H2,1-3H3/b10-7-,11-8-,19-16-,20-17-,28-25-,29-26-,32-31-,35-34-,38-37-,41-40-,48-27-,53-50-,62-59-. The van der Waals surface area contributed by atoms with Crippen LogP contribution in [-0.2, 0) is 28.6 Å². The number of esters is 3. The summed E-state index contributed by atoms with van der Waals surface area (Å²) in [6.45, 7) is 6.36. The van der Waals surface area contributed by atoms with E-state index in [2.05, 4.69) is 179 Å². The molecule has 0 rings (SSSR count). The highest BCUT2D eigenvalue weighted by Gasteiger charge is 2.19. The fraction of sp³-hybridized carbons (Fsp3) is 0.623. The molecule has 0 aromatic carbocycles. The minimum Gasteiger partial charge on any atom is -0.462 e. The first-order valence-electron chi connectivity index (χ1n) is 34.0. The Hall–Kier alpha value is -4.97. The van der Waals surface area contributed by atoms with Gasteiger partial charge in [0.25, 0.3) is 0 Å². The van der Waals surface area contributed by atoms with Crippen LogP contribution in [0.25, 0.3) is 0 Å². The number of unbranched alkanes of at least 4 members (excludes halogenated alkanes) is 23. The van der Waals surface area contributed by atoms with E-state index in [-0.39, 0.29) is 37.5 Å². The minimum absolute atomic E-state index is 0.109. The molecule has 0 saturated carbocycles. The lowest BCUT2D eigenvalue weighted by molar-refractivity contribution is -0.167. The number of allylic oxidation sites excluding steroid dienone is 26. The van der Waals surface area contributed by atoms with Gasteiger partial charge in [-0.2, -0.15) is 0 Å². The van der Waals surface area contributed by atoms with Gasteiger partial charge in [-0.3, -0.25) is 14.4 Å². The van der Waals surface area contributed by atoms with Crippen molar-refractivity contribution in [2.24, 2.45) is 0 Å². The smallest absolute Gasteiger partial charge is 0.306 e. The molecule has 0 aromatic heterocycles. The Balaban J connectivity index is 4.34. The Morgan fingerprint density at radius 1 is 0.253 bits per heavy atom. The van der Waals surface area contributed by atoms with Gasteiger partial charge in [-0.05, 0) is 141 Å². The van der Waals surface area contributed by atoms with Crippen molar-refractivity contribution in [2.45, 2.75) is 297 Å². The maximum absolute atomic E-state index is 12.9. The van der Waals surface area contributed by atoms with E-state index in [0.29, 0.717) is 19.3 Å². The van der Waals surface area contributed by atoms with Crippen LogP contribution in [0.5, 0.6) is 0 Å². The molecule has 0 spiro atoms. The predicted octanol–water partition coefficient (Wildman–Crippen LogP) is 23.7. The molecule has 0 radical (unpaired) electrons.